The molecule has 2 aliphatic rings. The normalized spacial score (nSPS) is 17.1. The molecule has 0 amide bonds. The van der Waals surface area contributed by atoms with Crippen LogP contribution in [-0.2, 0) is 19.4 Å². The van der Waals surface area contributed by atoms with E-state index in [0.29, 0.717) is 0 Å². The molecule has 1 saturated carbocycles. The second-order valence-corrected chi connectivity index (χ2v) is 9.47. The van der Waals surface area contributed by atoms with Gasteiger partial charge in [0.05, 0.1) is 17.4 Å². The second-order valence-electron chi connectivity index (χ2n) is 7.07. The maximum atomic E-state index is 12.4. The van der Waals surface area contributed by atoms with Gasteiger partial charge in [0.25, 0.3) is 0 Å². The number of carbonyl (C=O) groups is 1. The van der Waals surface area contributed by atoms with Gasteiger partial charge in [0.2, 0.25) is 0 Å². The van der Waals surface area contributed by atoms with Gasteiger partial charge in [-0.15, -0.1) is 0 Å². The minimum Gasteiger partial charge on any atom is -0.452 e. The molecule has 0 radical (unpaired) electrons. The highest BCUT2D eigenvalue weighted by Crippen LogP contribution is 2.45. The highest BCUT2D eigenvalue weighted by Gasteiger charge is 2.32. The van der Waals surface area contributed by atoms with Gasteiger partial charge in [0, 0.05) is 11.1 Å². The van der Waals surface area contributed by atoms with Crippen molar-refractivity contribution in [3.63, 3.8) is 0 Å². The van der Waals surface area contributed by atoms with Crippen molar-refractivity contribution in [1.82, 2.24) is 0 Å². The van der Waals surface area contributed by atoms with E-state index in [1.165, 1.54) is 0 Å². The molecule has 2 aliphatic carbocycles. The van der Waals surface area contributed by atoms with Gasteiger partial charge in [-0.2, -0.15) is 0 Å². The van der Waals surface area contributed by atoms with Crippen molar-refractivity contribution in [3.8, 4) is 11.1 Å². The summed E-state index contributed by atoms with van der Waals surface area (Å²) in [5.41, 5.74) is 4.06. The van der Waals surface area contributed by atoms with Gasteiger partial charge in [-0.3, -0.25) is 4.79 Å². The van der Waals surface area contributed by atoms with E-state index in [1.807, 2.05) is 48.5 Å². The van der Waals surface area contributed by atoms with Crippen LogP contribution >= 0.6 is 0 Å². The van der Waals surface area contributed by atoms with Crippen LogP contribution in [0.5, 0.6) is 0 Å². The zero-order chi connectivity index (χ0) is 18.1. The predicted octanol–water partition coefficient (Wildman–Crippen LogP) is 4.05. The van der Waals surface area contributed by atoms with E-state index in [4.69, 9.17) is 4.74 Å². The standard InChI is InChI=1S/C21H22O4S/c22-20(13-14-26(23,24)15-7-1-2-8-15)25-21-18-11-5-3-9-16(18)17-10-4-6-12-19(17)21/h3-6,9-12,15,21H,1-2,7-8,13-14H2. The van der Waals surface area contributed by atoms with E-state index in [9.17, 15) is 13.2 Å². The van der Waals surface area contributed by atoms with E-state index < -0.39 is 21.9 Å². The molecule has 2 aromatic carbocycles. The SMILES string of the molecule is O=C(CCS(=O)(=O)C1CCCC1)OC1c2ccccc2-c2ccccc21. The van der Waals surface area contributed by atoms with Crippen LogP contribution in [0.15, 0.2) is 48.5 Å². The molecule has 5 heteroatoms. The van der Waals surface area contributed by atoms with Gasteiger partial charge in [0.1, 0.15) is 0 Å². The lowest BCUT2D eigenvalue weighted by atomic mass is 10.1. The Morgan fingerprint density at radius 2 is 1.46 bits per heavy atom. The van der Waals surface area contributed by atoms with Crippen molar-refractivity contribution in [2.75, 3.05) is 5.75 Å². The Hall–Kier alpha value is -2.14. The Morgan fingerprint density at radius 3 is 2.04 bits per heavy atom. The second kappa shape index (κ2) is 6.88. The monoisotopic (exact) mass is 370 g/mol. The quantitative estimate of drug-likeness (QED) is 0.745. The number of hydrogen-bond acceptors (Lipinski definition) is 4. The molecule has 0 heterocycles. The smallest absolute Gasteiger partial charge is 0.307 e. The van der Waals surface area contributed by atoms with Crippen LogP contribution in [0, 0.1) is 0 Å². The minimum atomic E-state index is -3.21. The lowest BCUT2D eigenvalue weighted by molar-refractivity contribution is -0.146. The molecular formula is C21H22O4S. The van der Waals surface area contributed by atoms with Gasteiger partial charge in [-0.1, -0.05) is 61.4 Å². The number of rotatable bonds is 5. The fraction of sp³-hybridized carbons (Fsp3) is 0.381. The average Bonchev–Trinajstić information content (AvgIpc) is 3.29. The molecule has 4 rings (SSSR count). The first-order valence-corrected chi connectivity index (χ1v) is 10.9. The van der Waals surface area contributed by atoms with Crippen LogP contribution < -0.4 is 0 Å². The van der Waals surface area contributed by atoms with Gasteiger partial charge < -0.3 is 4.74 Å². The molecule has 0 spiro atoms. The third kappa shape index (κ3) is 3.16. The molecule has 0 bridgehead atoms. The highest BCUT2D eigenvalue weighted by atomic mass is 32.2. The summed E-state index contributed by atoms with van der Waals surface area (Å²) in [6.45, 7) is 0. The topological polar surface area (TPSA) is 60.4 Å². The van der Waals surface area contributed by atoms with Crippen LogP contribution in [0.2, 0.25) is 0 Å². The zero-order valence-electron chi connectivity index (χ0n) is 14.6. The first-order valence-electron chi connectivity index (χ1n) is 9.15. The van der Waals surface area contributed by atoms with Gasteiger partial charge in [-0.05, 0) is 24.0 Å². The molecule has 2 aromatic rings. The lowest BCUT2D eigenvalue weighted by Gasteiger charge is -2.16. The fourth-order valence-corrected chi connectivity index (χ4v) is 5.90. The largest absolute Gasteiger partial charge is 0.452 e. The third-order valence-corrected chi connectivity index (χ3v) is 7.69. The molecular weight excluding hydrogens is 348 g/mol. The molecule has 0 aliphatic heterocycles. The maximum Gasteiger partial charge on any atom is 0.307 e. The predicted molar refractivity (Wildman–Crippen MR) is 100 cm³/mol. The Kier molecular flexibility index (Phi) is 4.57. The summed E-state index contributed by atoms with van der Waals surface area (Å²) in [6.07, 6.45) is 2.83. The third-order valence-electron chi connectivity index (χ3n) is 5.43. The van der Waals surface area contributed by atoms with Crippen molar-refractivity contribution in [2.24, 2.45) is 0 Å². The summed E-state index contributed by atoms with van der Waals surface area (Å²) in [5.74, 6) is -0.574. The molecule has 0 atom stereocenters. The summed E-state index contributed by atoms with van der Waals surface area (Å²) in [4.78, 5) is 12.4. The maximum absolute atomic E-state index is 12.4. The molecule has 0 aromatic heterocycles. The average molecular weight is 370 g/mol. The number of carbonyl (C=O) groups excluding carboxylic acids is 1. The Bertz CT molecular complexity index is 881. The van der Waals surface area contributed by atoms with Crippen LogP contribution in [0.25, 0.3) is 11.1 Å². The lowest BCUT2D eigenvalue weighted by Crippen LogP contribution is -2.23. The van der Waals surface area contributed by atoms with Crippen molar-refractivity contribution in [2.45, 2.75) is 43.5 Å². The van der Waals surface area contributed by atoms with Gasteiger partial charge in [0.15, 0.2) is 15.9 Å². The van der Waals surface area contributed by atoms with Crippen LogP contribution in [-0.4, -0.2) is 25.4 Å². The molecule has 0 saturated heterocycles. The van der Waals surface area contributed by atoms with Crippen LogP contribution in [0.4, 0.5) is 0 Å². The van der Waals surface area contributed by atoms with Crippen molar-refractivity contribution in [1.29, 1.82) is 0 Å². The molecule has 136 valence electrons. The van der Waals surface area contributed by atoms with E-state index in [1.54, 1.807) is 0 Å². The van der Waals surface area contributed by atoms with E-state index >= 15 is 0 Å². The molecule has 1 fully saturated rings. The minimum absolute atomic E-state index is 0.0837. The first-order chi connectivity index (χ1) is 12.6. The molecule has 26 heavy (non-hydrogen) atoms. The Balaban J connectivity index is 1.48. The summed E-state index contributed by atoms with van der Waals surface area (Å²) in [7, 11) is -3.21. The van der Waals surface area contributed by atoms with Gasteiger partial charge >= 0.3 is 5.97 Å². The summed E-state index contributed by atoms with van der Waals surface area (Å²) < 4.78 is 30.4. The number of benzene rings is 2. The molecule has 0 unspecified atom stereocenters. The Labute approximate surface area is 154 Å². The fourth-order valence-electron chi connectivity index (χ4n) is 4.07. The summed E-state index contributed by atoms with van der Waals surface area (Å²) in [5, 5.41) is -0.275. The molecule has 4 nitrogen and oxygen atoms in total. The van der Waals surface area contributed by atoms with E-state index in [2.05, 4.69) is 0 Å². The van der Waals surface area contributed by atoms with Gasteiger partial charge in [-0.25, -0.2) is 8.42 Å². The number of sulfone groups is 1. The zero-order valence-corrected chi connectivity index (χ0v) is 15.4. The van der Waals surface area contributed by atoms with Crippen molar-refractivity contribution in [3.05, 3.63) is 59.7 Å². The first kappa shape index (κ1) is 17.3. The number of hydrogen-bond donors (Lipinski definition) is 0. The number of fused-ring (bicyclic) bond motifs is 3. The Morgan fingerprint density at radius 1 is 0.923 bits per heavy atom. The van der Waals surface area contributed by atoms with Crippen molar-refractivity contribution >= 4 is 15.8 Å². The number of esters is 1. The van der Waals surface area contributed by atoms with Crippen LogP contribution in [0.1, 0.15) is 49.3 Å². The molecule has 0 N–H and O–H groups in total. The van der Waals surface area contributed by atoms with E-state index in [-0.39, 0.29) is 17.4 Å². The number of ether oxygens (including phenoxy) is 1. The summed E-state index contributed by atoms with van der Waals surface area (Å²) in [6, 6.07) is 15.7. The highest BCUT2D eigenvalue weighted by molar-refractivity contribution is 7.92. The van der Waals surface area contributed by atoms with E-state index in [0.717, 1.165) is 47.9 Å². The van der Waals surface area contributed by atoms with Crippen LogP contribution in [0.3, 0.4) is 0 Å². The van der Waals surface area contributed by atoms with Crippen molar-refractivity contribution < 1.29 is 17.9 Å². The summed E-state index contributed by atoms with van der Waals surface area (Å²) >= 11 is 0.